The Labute approximate surface area is 65.3 Å². The predicted octanol–water partition coefficient (Wildman–Crippen LogP) is 2.08. The molecular weight excluding hydrogens is 138 g/mol. The molecule has 1 aromatic rings. The quantitative estimate of drug-likeness (QED) is 0.597. The predicted molar refractivity (Wildman–Crippen MR) is 42.0 cm³/mol. The molecule has 0 fully saturated rings. The van der Waals surface area contributed by atoms with Gasteiger partial charge in [0.15, 0.2) is 0 Å². The molecule has 0 atom stereocenters. The van der Waals surface area contributed by atoms with Crippen molar-refractivity contribution in [2.45, 2.75) is 0 Å². The summed E-state index contributed by atoms with van der Waals surface area (Å²) < 4.78 is 4.96. The Morgan fingerprint density at radius 3 is 3.00 bits per heavy atom. The van der Waals surface area contributed by atoms with Crippen LogP contribution >= 0.6 is 0 Å². The zero-order valence-electron chi connectivity index (χ0n) is 5.95. The van der Waals surface area contributed by atoms with Crippen LogP contribution in [-0.2, 0) is 0 Å². The van der Waals surface area contributed by atoms with E-state index in [4.69, 9.17) is 10.00 Å². The average molecular weight is 145 g/mol. The zero-order valence-corrected chi connectivity index (χ0v) is 5.95. The molecule has 0 aliphatic heterocycles. The minimum absolute atomic E-state index is 0.587. The van der Waals surface area contributed by atoms with Crippen molar-refractivity contribution >= 4 is 0 Å². The SMILES string of the molecule is C=COc1cccc(C#N)c1. The number of nitrogens with zero attached hydrogens (tertiary/aromatic N) is 1. The third-order valence-electron chi connectivity index (χ3n) is 1.18. The number of rotatable bonds is 2. The van der Waals surface area contributed by atoms with Crippen LogP contribution in [0.2, 0.25) is 0 Å². The summed E-state index contributed by atoms with van der Waals surface area (Å²) in [5.41, 5.74) is 0.587. The monoisotopic (exact) mass is 145 g/mol. The van der Waals surface area contributed by atoms with Gasteiger partial charge in [-0.15, -0.1) is 0 Å². The lowest BCUT2D eigenvalue weighted by Crippen LogP contribution is -1.80. The Kier molecular flexibility index (Phi) is 2.29. The molecule has 0 saturated carbocycles. The number of hydrogen-bond donors (Lipinski definition) is 0. The molecule has 54 valence electrons. The summed E-state index contributed by atoms with van der Waals surface area (Å²) in [5.74, 6) is 0.638. The van der Waals surface area contributed by atoms with Crippen molar-refractivity contribution in [3.05, 3.63) is 42.7 Å². The molecule has 0 aliphatic carbocycles. The summed E-state index contributed by atoms with van der Waals surface area (Å²) in [6.45, 7) is 3.41. The van der Waals surface area contributed by atoms with Crippen LogP contribution in [0, 0.1) is 11.3 Å². The zero-order chi connectivity index (χ0) is 8.10. The lowest BCUT2D eigenvalue weighted by atomic mass is 10.2. The maximum Gasteiger partial charge on any atom is 0.127 e. The first-order chi connectivity index (χ1) is 5.36. The number of nitriles is 1. The molecule has 1 aromatic carbocycles. The molecule has 0 saturated heterocycles. The van der Waals surface area contributed by atoms with Crippen molar-refractivity contribution in [1.82, 2.24) is 0 Å². The lowest BCUT2D eigenvalue weighted by molar-refractivity contribution is 0.483. The first-order valence-electron chi connectivity index (χ1n) is 3.14. The Bertz CT molecular complexity index is 299. The van der Waals surface area contributed by atoms with Gasteiger partial charge < -0.3 is 4.74 Å². The summed E-state index contributed by atoms with van der Waals surface area (Å²) in [4.78, 5) is 0. The Morgan fingerprint density at radius 1 is 1.55 bits per heavy atom. The van der Waals surface area contributed by atoms with Crippen LogP contribution in [-0.4, -0.2) is 0 Å². The molecule has 0 bridgehead atoms. The molecule has 0 aliphatic rings. The first kappa shape index (κ1) is 7.36. The third kappa shape index (κ3) is 1.84. The van der Waals surface area contributed by atoms with E-state index >= 15 is 0 Å². The van der Waals surface area contributed by atoms with Gasteiger partial charge in [-0.05, 0) is 18.2 Å². The molecule has 0 radical (unpaired) electrons. The lowest BCUT2D eigenvalue weighted by Gasteiger charge is -1.97. The van der Waals surface area contributed by atoms with Crippen molar-refractivity contribution in [3.8, 4) is 11.8 Å². The average Bonchev–Trinajstić information content (AvgIpc) is 2.06. The van der Waals surface area contributed by atoms with Crippen LogP contribution in [0.4, 0.5) is 0 Å². The second-order valence-electron chi connectivity index (χ2n) is 1.92. The van der Waals surface area contributed by atoms with Crippen molar-refractivity contribution in [2.24, 2.45) is 0 Å². The van der Waals surface area contributed by atoms with Crippen molar-refractivity contribution in [3.63, 3.8) is 0 Å². The highest BCUT2D eigenvalue weighted by molar-refractivity contribution is 5.36. The van der Waals surface area contributed by atoms with E-state index in [2.05, 4.69) is 6.58 Å². The van der Waals surface area contributed by atoms with E-state index < -0.39 is 0 Å². The standard InChI is InChI=1S/C9H7NO/c1-2-11-9-5-3-4-8(6-9)7-10/h2-6H,1H2. The van der Waals surface area contributed by atoms with Gasteiger partial charge in [-0.3, -0.25) is 0 Å². The molecule has 0 aromatic heterocycles. The summed E-state index contributed by atoms with van der Waals surface area (Å²) in [6.07, 6.45) is 1.33. The van der Waals surface area contributed by atoms with Crippen molar-refractivity contribution in [2.75, 3.05) is 0 Å². The molecule has 0 N–H and O–H groups in total. The van der Waals surface area contributed by atoms with Gasteiger partial charge in [-0.2, -0.15) is 5.26 Å². The Morgan fingerprint density at radius 2 is 2.36 bits per heavy atom. The molecular formula is C9H7NO. The molecule has 0 heterocycles. The molecule has 2 heteroatoms. The van der Waals surface area contributed by atoms with Crippen LogP contribution < -0.4 is 4.74 Å². The summed E-state index contributed by atoms with van der Waals surface area (Å²) in [7, 11) is 0. The molecule has 0 amide bonds. The fourth-order valence-electron chi connectivity index (χ4n) is 0.735. The van der Waals surface area contributed by atoms with Crippen LogP contribution in [0.3, 0.4) is 0 Å². The highest BCUT2D eigenvalue weighted by Gasteiger charge is 1.91. The van der Waals surface area contributed by atoms with Crippen molar-refractivity contribution in [1.29, 1.82) is 5.26 Å². The maximum atomic E-state index is 8.50. The Hall–Kier alpha value is -1.75. The highest BCUT2D eigenvalue weighted by atomic mass is 16.5. The normalized spacial score (nSPS) is 8.27. The van der Waals surface area contributed by atoms with Gasteiger partial charge in [0.05, 0.1) is 17.9 Å². The summed E-state index contributed by atoms with van der Waals surface area (Å²) >= 11 is 0. The molecule has 0 spiro atoms. The van der Waals surface area contributed by atoms with E-state index in [9.17, 15) is 0 Å². The smallest absolute Gasteiger partial charge is 0.127 e. The summed E-state index contributed by atoms with van der Waals surface area (Å²) in [5, 5.41) is 8.50. The third-order valence-corrected chi connectivity index (χ3v) is 1.18. The van der Waals surface area contributed by atoms with E-state index in [-0.39, 0.29) is 0 Å². The number of ether oxygens (including phenoxy) is 1. The van der Waals surface area contributed by atoms with Crippen LogP contribution in [0.5, 0.6) is 5.75 Å². The van der Waals surface area contributed by atoms with Gasteiger partial charge >= 0.3 is 0 Å². The Balaban J connectivity index is 2.93. The molecule has 2 nitrogen and oxygen atoms in total. The fourth-order valence-corrected chi connectivity index (χ4v) is 0.735. The molecule has 0 unspecified atom stereocenters. The highest BCUT2D eigenvalue weighted by Crippen LogP contribution is 2.11. The number of benzene rings is 1. The van der Waals surface area contributed by atoms with Crippen molar-refractivity contribution < 1.29 is 4.74 Å². The maximum absolute atomic E-state index is 8.50. The van der Waals surface area contributed by atoms with E-state index in [0.29, 0.717) is 11.3 Å². The molecule has 11 heavy (non-hydrogen) atoms. The van der Waals surface area contributed by atoms with E-state index in [1.165, 1.54) is 6.26 Å². The number of hydrogen-bond acceptors (Lipinski definition) is 2. The fraction of sp³-hybridized carbons (Fsp3) is 0. The minimum atomic E-state index is 0.587. The van der Waals surface area contributed by atoms with Gasteiger partial charge in [-0.1, -0.05) is 12.6 Å². The van der Waals surface area contributed by atoms with E-state index in [0.717, 1.165) is 0 Å². The minimum Gasteiger partial charge on any atom is -0.466 e. The van der Waals surface area contributed by atoms with Gasteiger partial charge in [0.2, 0.25) is 0 Å². The van der Waals surface area contributed by atoms with Gasteiger partial charge in [0.25, 0.3) is 0 Å². The topological polar surface area (TPSA) is 33.0 Å². The van der Waals surface area contributed by atoms with Crippen LogP contribution in [0.1, 0.15) is 5.56 Å². The largest absolute Gasteiger partial charge is 0.466 e. The van der Waals surface area contributed by atoms with Gasteiger partial charge in [-0.25, -0.2) is 0 Å². The van der Waals surface area contributed by atoms with Gasteiger partial charge in [0.1, 0.15) is 5.75 Å². The second kappa shape index (κ2) is 3.43. The van der Waals surface area contributed by atoms with Crippen LogP contribution in [0.25, 0.3) is 0 Å². The first-order valence-corrected chi connectivity index (χ1v) is 3.14. The van der Waals surface area contributed by atoms with E-state index in [1.54, 1.807) is 24.3 Å². The second-order valence-corrected chi connectivity index (χ2v) is 1.92. The van der Waals surface area contributed by atoms with Crippen LogP contribution in [0.15, 0.2) is 37.1 Å². The molecule has 1 rings (SSSR count). The van der Waals surface area contributed by atoms with Gasteiger partial charge in [0, 0.05) is 0 Å². The summed E-state index contributed by atoms with van der Waals surface area (Å²) in [6, 6.07) is 8.91. The van der Waals surface area contributed by atoms with E-state index in [1.807, 2.05) is 6.07 Å².